The average molecular weight is 571 g/mol. The summed E-state index contributed by atoms with van der Waals surface area (Å²) < 4.78 is 48.4. The molecule has 11 heteroatoms. The molecule has 40 heavy (non-hydrogen) atoms. The average Bonchev–Trinajstić information content (AvgIpc) is 3.33. The molecule has 1 atom stereocenters. The van der Waals surface area contributed by atoms with Gasteiger partial charge in [0.2, 0.25) is 10.0 Å². The number of piperidine rings is 1. The fraction of sp³-hybridized carbons (Fsp3) is 0.483. The van der Waals surface area contributed by atoms with Crippen molar-refractivity contribution in [3.8, 4) is 0 Å². The number of benzene rings is 2. The predicted molar refractivity (Wildman–Crippen MR) is 152 cm³/mol. The first-order valence-electron chi connectivity index (χ1n) is 13.8. The number of nitrogens with zero attached hydrogens (tertiary/aromatic N) is 2. The molecule has 2 aliphatic heterocycles. The quantitative estimate of drug-likeness (QED) is 0.371. The number of fused-ring (bicyclic) bond motifs is 1. The van der Waals surface area contributed by atoms with Crippen molar-refractivity contribution in [2.24, 2.45) is 5.41 Å². The minimum absolute atomic E-state index is 0.0459. The molecule has 2 aromatic carbocycles. The van der Waals surface area contributed by atoms with E-state index in [0.29, 0.717) is 40.9 Å². The van der Waals surface area contributed by atoms with E-state index in [2.05, 4.69) is 14.9 Å². The Morgan fingerprint density at radius 2 is 1.77 bits per heavy atom. The standard InChI is InChI=1S/C29H35FN4O5S/c1-28(30)7-11-34(19-28)25-17-21(16-20-4-15-39-26(20)25)32-27(36)23-3-2-22(40(37,38)31-10-14-35)18-24(23)33-12-8-29(5-6-29)9-13-33/h2-4,15-18,31,35H,5-14,19H2,1H3,(H,32,36). The number of furan rings is 1. The number of halogens is 1. The van der Waals surface area contributed by atoms with Gasteiger partial charge in [-0.1, -0.05) is 0 Å². The van der Waals surface area contributed by atoms with E-state index in [-0.39, 0.29) is 30.5 Å². The number of rotatable bonds is 8. The maximum Gasteiger partial charge on any atom is 0.257 e. The van der Waals surface area contributed by atoms with Gasteiger partial charge in [0.05, 0.1) is 41.2 Å². The topological polar surface area (TPSA) is 115 Å². The summed E-state index contributed by atoms with van der Waals surface area (Å²) >= 11 is 0. The Morgan fingerprint density at radius 3 is 2.45 bits per heavy atom. The third-order valence-electron chi connectivity index (χ3n) is 8.60. The summed E-state index contributed by atoms with van der Waals surface area (Å²) in [4.78, 5) is 17.8. The van der Waals surface area contributed by atoms with Crippen molar-refractivity contribution in [3.05, 3.63) is 48.2 Å². The second kappa shape index (κ2) is 10.0. The van der Waals surface area contributed by atoms with Crippen LogP contribution in [-0.2, 0) is 10.0 Å². The van der Waals surface area contributed by atoms with Gasteiger partial charge in [-0.3, -0.25) is 4.79 Å². The number of anilines is 3. The molecule has 3 N–H and O–H groups in total. The predicted octanol–water partition coefficient (Wildman–Crippen LogP) is 4.27. The lowest BCUT2D eigenvalue weighted by Crippen LogP contribution is -2.36. The SMILES string of the molecule is CC1(F)CCN(c2cc(NC(=O)c3ccc(S(=O)(=O)NCCO)cc3N3CCC4(CC3)CC4)cc3ccoc23)C1. The molecule has 3 aliphatic rings. The van der Waals surface area contributed by atoms with Gasteiger partial charge < -0.3 is 24.6 Å². The van der Waals surface area contributed by atoms with Crippen LogP contribution in [0.15, 0.2) is 52.0 Å². The summed E-state index contributed by atoms with van der Waals surface area (Å²) in [5.74, 6) is -0.362. The number of hydrogen-bond acceptors (Lipinski definition) is 7. The van der Waals surface area contributed by atoms with E-state index in [1.807, 2.05) is 17.0 Å². The van der Waals surface area contributed by atoms with Crippen LogP contribution in [0.25, 0.3) is 11.0 Å². The highest BCUT2D eigenvalue weighted by molar-refractivity contribution is 7.89. The van der Waals surface area contributed by atoms with Gasteiger partial charge in [0.1, 0.15) is 5.67 Å². The van der Waals surface area contributed by atoms with Crippen LogP contribution in [0, 0.1) is 5.41 Å². The van der Waals surface area contributed by atoms with Gasteiger partial charge in [0.15, 0.2) is 5.58 Å². The van der Waals surface area contributed by atoms with E-state index in [1.54, 1.807) is 31.4 Å². The Hall–Kier alpha value is -3.15. The Bertz CT molecular complexity index is 1540. The van der Waals surface area contributed by atoms with Gasteiger partial charge in [-0.15, -0.1) is 0 Å². The zero-order valence-electron chi connectivity index (χ0n) is 22.6. The molecule has 3 heterocycles. The normalized spacial score (nSPS) is 22.3. The van der Waals surface area contributed by atoms with Crippen molar-refractivity contribution in [1.82, 2.24) is 4.72 Å². The molecule has 1 amide bonds. The second-order valence-electron chi connectivity index (χ2n) is 11.7. The summed E-state index contributed by atoms with van der Waals surface area (Å²) in [6.07, 6.45) is 6.47. The lowest BCUT2D eigenvalue weighted by molar-refractivity contribution is 0.102. The fourth-order valence-corrected chi connectivity index (χ4v) is 7.03. The molecule has 3 fully saturated rings. The van der Waals surface area contributed by atoms with Crippen molar-refractivity contribution in [2.45, 2.75) is 49.6 Å². The summed E-state index contributed by atoms with van der Waals surface area (Å²) in [5, 5.41) is 12.9. The summed E-state index contributed by atoms with van der Waals surface area (Å²) in [7, 11) is -3.85. The van der Waals surface area contributed by atoms with Gasteiger partial charge >= 0.3 is 0 Å². The van der Waals surface area contributed by atoms with Crippen LogP contribution in [0.1, 0.15) is 49.4 Å². The minimum atomic E-state index is -3.85. The molecule has 1 spiro atoms. The first-order chi connectivity index (χ1) is 19.1. The van der Waals surface area contributed by atoms with Gasteiger partial charge in [0, 0.05) is 43.7 Å². The van der Waals surface area contributed by atoms with E-state index in [0.717, 1.165) is 37.0 Å². The molecule has 0 bridgehead atoms. The van der Waals surface area contributed by atoms with Crippen LogP contribution < -0.4 is 19.8 Å². The van der Waals surface area contributed by atoms with E-state index in [9.17, 15) is 17.6 Å². The third-order valence-corrected chi connectivity index (χ3v) is 10.1. The number of hydrogen-bond donors (Lipinski definition) is 3. The zero-order chi connectivity index (χ0) is 28.1. The van der Waals surface area contributed by atoms with Gasteiger partial charge in [-0.05, 0) is 74.4 Å². The molecular weight excluding hydrogens is 535 g/mol. The number of carbonyl (C=O) groups excluding carboxylic acids is 1. The number of aliphatic hydroxyl groups is 1. The van der Waals surface area contributed by atoms with Crippen molar-refractivity contribution in [2.75, 3.05) is 54.4 Å². The van der Waals surface area contributed by atoms with Crippen LogP contribution in [0.5, 0.6) is 0 Å². The number of nitrogens with one attached hydrogen (secondary N) is 2. The lowest BCUT2D eigenvalue weighted by atomic mass is 9.93. The highest BCUT2D eigenvalue weighted by Gasteiger charge is 2.44. The molecule has 1 aromatic heterocycles. The van der Waals surface area contributed by atoms with Crippen molar-refractivity contribution < 1.29 is 27.1 Å². The van der Waals surface area contributed by atoms with Gasteiger partial charge in [0.25, 0.3) is 5.91 Å². The van der Waals surface area contributed by atoms with Crippen LogP contribution in [-0.4, -0.2) is 64.4 Å². The molecular formula is C29H35FN4O5S. The fourth-order valence-electron chi connectivity index (χ4n) is 5.99. The van der Waals surface area contributed by atoms with Crippen LogP contribution in [0.4, 0.5) is 21.5 Å². The minimum Gasteiger partial charge on any atom is -0.462 e. The maximum atomic E-state index is 14.7. The highest BCUT2D eigenvalue weighted by atomic mass is 32.2. The summed E-state index contributed by atoms with van der Waals surface area (Å²) in [6.45, 7) is 3.46. The van der Waals surface area contributed by atoms with Crippen LogP contribution in [0.3, 0.4) is 0 Å². The number of amides is 1. The smallest absolute Gasteiger partial charge is 0.257 e. The highest BCUT2D eigenvalue weighted by Crippen LogP contribution is 2.54. The molecule has 214 valence electrons. The van der Waals surface area contributed by atoms with Crippen LogP contribution >= 0.6 is 0 Å². The Balaban J connectivity index is 1.32. The van der Waals surface area contributed by atoms with Crippen molar-refractivity contribution in [3.63, 3.8) is 0 Å². The molecule has 0 radical (unpaired) electrons. The molecule has 6 rings (SSSR count). The van der Waals surface area contributed by atoms with E-state index < -0.39 is 15.7 Å². The van der Waals surface area contributed by atoms with Gasteiger partial charge in [-0.25, -0.2) is 17.5 Å². The number of alkyl halides is 1. The lowest BCUT2D eigenvalue weighted by Gasteiger charge is -2.35. The number of aliphatic hydroxyl groups excluding tert-OH is 1. The molecule has 1 unspecified atom stereocenters. The molecule has 9 nitrogen and oxygen atoms in total. The van der Waals surface area contributed by atoms with Gasteiger partial charge in [-0.2, -0.15) is 0 Å². The molecule has 2 saturated heterocycles. The first kappa shape index (κ1) is 27.0. The number of sulfonamides is 1. The Kier molecular flexibility index (Phi) is 6.79. The summed E-state index contributed by atoms with van der Waals surface area (Å²) in [5.41, 5.74) is 1.97. The van der Waals surface area contributed by atoms with E-state index in [4.69, 9.17) is 9.52 Å². The zero-order valence-corrected chi connectivity index (χ0v) is 23.4. The van der Waals surface area contributed by atoms with Crippen molar-refractivity contribution in [1.29, 1.82) is 0 Å². The van der Waals surface area contributed by atoms with E-state index in [1.165, 1.54) is 18.9 Å². The van der Waals surface area contributed by atoms with E-state index >= 15 is 0 Å². The molecule has 3 aromatic rings. The maximum absolute atomic E-state index is 14.7. The molecule has 1 saturated carbocycles. The third kappa shape index (κ3) is 5.29. The monoisotopic (exact) mass is 570 g/mol. The number of carbonyl (C=O) groups is 1. The van der Waals surface area contributed by atoms with Crippen molar-refractivity contribution >= 4 is 44.0 Å². The molecule has 1 aliphatic carbocycles. The second-order valence-corrected chi connectivity index (χ2v) is 13.4. The Morgan fingerprint density at radius 1 is 1.02 bits per heavy atom. The van der Waals surface area contributed by atoms with Crippen LogP contribution in [0.2, 0.25) is 0 Å². The largest absolute Gasteiger partial charge is 0.462 e. The Labute approximate surface area is 233 Å². The summed E-state index contributed by atoms with van der Waals surface area (Å²) in [6, 6.07) is 9.95. The first-order valence-corrected chi connectivity index (χ1v) is 15.3.